The second kappa shape index (κ2) is 8.52. The first-order valence-electron chi connectivity index (χ1n) is 7.63. The van der Waals surface area contributed by atoms with Crippen LogP contribution in [0, 0.1) is 0 Å². The maximum Gasteiger partial charge on any atom is 0.460 e. The molecule has 21 heteroatoms. The highest BCUT2D eigenvalue weighted by atomic mass is 32.2. The molecule has 0 aromatic carbocycles. The number of hydrogen-bond acceptors (Lipinski definition) is 2. The van der Waals surface area contributed by atoms with Gasteiger partial charge in [0, 0.05) is 17.8 Å². The van der Waals surface area contributed by atoms with Crippen LogP contribution in [0.1, 0.15) is 13.8 Å². The largest absolute Gasteiger partial charge is 0.760 e. The summed E-state index contributed by atoms with van der Waals surface area (Å²) in [5.41, 5.74) is 0. The average molecular weight is 554 g/mol. The molecule has 0 aliphatic heterocycles. The molecule has 0 amide bonds. The molecule has 33 heavy (non-hydrogen) atoms. The van der Waals surface area contributed by atoms with Gasteiger partial charge < -0.3 is 4.55 Å². The predicted octanol–water partition coefficient (Wildman–Crippen LogP) is 5.50. The Hall–Kier alpha value is -1.12. The van der Waals surface area contributed by atoms with Gasteiger partial charge in [0.1, 0.15) is 0 Å². The Kier molecular flexibility index (Phi) is 8.23. The Morgan fingerprint density at radius 1 is 0.636 bits per heavy atom. The third-order valence-corrected chi connectivity index (χ3v) is 5.16. The van der Waals surface area contributed by atoms with E-state index >= 15 is 0 Å². The summed E-state index contributed by atoms with van der Waals surface area (Å²) < 4.78 is 244. The van der Waals surface area contributed by atoms with Crippen molar-refractivity contribution in [2.24, 2.45) is 0 Å². The number of nitrogens with zero attached hydrogens (tertiary/aromatic N) is 1. The number of alkyl halides is 17. The first-order valence-corrected chi connectivity index (χ1v) is 8.66. The molecule has 0 saturated carbocycles. The lowest BCUT2D eigenvalue weighted by atomic mass is 9.87. The predicted molar refractivity (Wildman–Crippen MR) is 71.4 cm³/mol. The Balaban J connectivity index is 6.85. The van der Waals surface area contributed by atoms with Crippen LogP contribution in [0.3, 0.4) is 0 Å². The molecule has 200 valence electrons. The van der Waals surface area contributed by atoms with E-state index in [1.165, 1.54) is 0 Å². The molecule has 0 spiro atoms. The molecule has 0 saturated heterocycles. The zero-order valence-corrected chi connectivity index (χ0v) is 16.2. The first-order chi connectivity index (χ1) is 14.1. The van der Waals surface area contributed by atoms with E-state index in [0.29, 0.717) is 6.92 Å². The summed E-state index contributed by atoms with van der Waals surface area (Å²) in [7, 11) is 0. The molecule has 0 radical (unpaired) electrons. The molecule has 0 heterocycles. The van der Waals surface area contributed by atoms with Crippen LogP contribution in [0.4, 0.5) is 74.6 Å². The summed E-state index contributed by atoms with van der Waals surface area (Å²) in [4.78, 5) is 0. The third kappa shape index (κ3) is 4.25. The monoisotopic (exact) mass is 554 g/mol. The van der Waals surface area contributed by atoms with Crippen molar-refractivity contribution in [2.45, 2.75) is 67.5 Å². The zero-order chi connectivity index (χ0) is 27.4. The van der Waals surface area contributed by atoms with E-state index in [0.717, 1.165) is 0 Å². The van der Waals surface area contributed by atoms with Gasteiger partial charge in [-0.05, 0) is 6.92 Å². The molecule has 0 aliphatic carbocycles. The van der Waals surface area contributed by atoms with Crippen LogP contribution in [0.5, 0.6) is 0 Å². The van der Waals surface area contributed by atoms with E-state index in [2.05, 4.69) is 0 Å². The van der Waals surface area contributed by atoms with Crippen LogP contribution in [-0.4, -0.2) is 73.3 Å². The van der Waals surface area contributed by atoms with Crippen LogP contribution >= 0.6 is 0 Å². The van der Waals surface area contributed by atoms with Gasteiger partial charge in [-0.2, -0.15) is 74.6 Å². The SMILES string of the molecule is CCN(C(C)C(F)(F)C(F)(F)C(F)(F)C(F)(F)C(F)(F)C(F)(F)C(F)(F)C(F)(F)F)S(=O)[O-]. The van der Waals surface area contributed by atoms with Crippen LogP contribution in [-0.2, 0) is 11.3 Å². The third-order valence-electron chi connectivity index (χ3n) is 4.21. The fourth-order valence-corrected chi connectivity index (χ4v) is 2.73. The van der Waals surface area contributed by atoms with Crippen LogP contribution in [0.25, 0.3) is 0 Å². The highest BCUT2D eigenvalue weighted by Crippen LogP contribution is 2.64. The van der Waals surface area contributed by atoms with E-state index in [4.69, 9.17) is 0 Å². The second-order valence-electron chi connectivity index (χ2n) is 6.19. The van der Waals surface area contributed by atoms with Gasteiger partial charge in [-0.15, -0.1) is 0 Å². The maximum absolute atomic E-state index is 13.9. The van der Waals surface area contributed by atoms with Crippen molar-refractivity contribution in [3.05, 3.63) is 0 Å². The number of hydrogen-bond donors (Lipinski definition) is 0. The van der Waals surface area contributed by atoms with E-state index in [9.17, 15) is 83.4 Å². The summed E-state index contributed by atoms with van der Waals surface area (Å²) >= 11 is -3.97. The lowest BCUT2D eigenvalue weighted by Crippen LogP contribution is -2.75. The average Bonchev–Trinajstić information content (AvgIpc) is 2.59. The van der Waals surface area contributed by atoms with Crippen molar-refractivity contribution in [3.8, 4) is 0 Å². The second-order valence-corrected chi connectivity index (χ2v) is 7.10. The fraction of sp³-hybridized carbons (Fsp3) is 1.00. The molecule has 3 nitrogen and oxygen atoms in total. The minimum absolute atomic E-state index is 0.341. The van der Waals surface area contributed by atoms with Gasteiger partial charge in [0.05, 0.1) is 6.04 Å². The van der Waals surface area contributed by atoms with Gasteiger partial charge in [0.25, 0.3) is 0 Å². The minimum atomic E-state index is -8.73. The summed E-state index contributed by atoms with van der Waals surface area (Å²) in [6.45, 7) is -0.996. The minimum Gasteiger partial charge on any atom is -0.760 e. The van der Waals surface area contributed by atoms with E-state index in [-0.39, 0.29) is 6.92 Å². The van der Waals surface area contributed by atoms with Crippen molar-refractivity contribution in [2.75, 3.05) is 6.54 Å². The van der Waals surface area contributed by atoms with Crippen molar-refractivity contribution >= 4 is 11.3 Å². The van der Waals surface area contributed by atoms with Gasteiger partial charge in [0.15, 0.2) is 0 Å². The summed E-state index contributed by atoms with van der Waals surface area (Å²) in [5.74, 6) is -57.4. The smallest absolute Gasteiger partial charge is 0.460 e. The molecule has 0 fully saturated rings. The molecule has 2 atom stereocenters. The van der Waals surface area contributed by atoms with E-state index < -0.39 is 75.8 Å². The van der Waals surface area contributed by atoms with E-state index in [1.54, 1.807) is 0 Å². The normalized spacial score (nSPS) is 18.0. The lowest BCUT2D eigenvalue weighted by Gasteiger charge is -2.45. The van der Waals surface area contributed by atoms with Gasteiger partial charge in [-0.3, -0.25) is 4.21 Å². The van der Waals surface area contributed by atoms with Crippen LogP contribution in [0.2, 0.25) is 0 Å². The maximum atomic E-state index is 13.9. The Morgan fingerprint density at radius 2 is 0.909 bits per heavy atom. The first kappa shape index (κ1) is 31.9. The number of halogens is 17. The standard InChI is InChI=1S/C12H10F17NO2S/c1-3-30(33(31)32)4(2)5(13,14)6(15,16)7(17,18)8(19,20)9(21,22)10(23,24)11(25,26)12(27,28)29/h4H,3H2,1-2H3,(H,31,32)/p-1. The molecule has 0 N–H and O–H groups in total. The molecule has 0 rings (SSSR count). The van der Waals surface area contributed by atoms with Crippen molar-refractivity contribution in [1.82, 2.24) is 4.31 Å². The van der Waals surface area contributed by atoms with Gasteiger partial charge in [-0.1, -0.05) is 6.92 Å². The molecular weight excluding hydrogens is 545 g/mol. The Bertz CT molecular complexity index is 734. The van der Waals surface area contributed by atoms with Gasteiger partial charge >= 0.3 is 47.6 Å². The quantitative estimate of drug-likeness (QED) is 0.265. The lowest BCUT2D eigenvalue weighted by molar-refractivity contribution is -0.462. The zero-order valence-electron chi connectivity index (χ0n) is 15.4. The topological polar surface area (TPSA) is 43.4 Å². The summed E-state index contributed by atoms with van der Waals surface area (Å²) in [5, 5.41) is 0. The van der Waals surface area contributed by atoms with Crippen molar-refractivity contribution in [1.29, 1.82) is 0 Å². The Morgan fingerprint density at radius 3 is 1.15 bits per heavy atom. The highest BCUT2D eigenvalue weighted by molar-refractivity contribution is 7.76. The van der Waals surface area contributed by atoms with Gasteiger partial charge in [0.2, 0.25) is 0 Å². The molecule has 2 unspecified atom stereocenters. The molecular formula is C12H9F17NO2S-. The van der Waals surface area contributed by atoms with Crippen LogP contribution in [0.15, 0.2) is 0 Å². The summed E-state index contributed by atoms with van der Waals surface area (Å²) in [6, 6.07) is -3.77. The van der Waals surface area contributed by atoms with Crippen molar-refractivity contribution < 1.29 is 83.4 Å². The van der Waals surface area contributed by atoms with Crippen LogP contribution < -0.4 is 0 Å². The highest BCUT2D eigenvalue weighted by Gasteiger charge is 2.95. The van der Waals surface area contributed by atoms with Crippen molar-refractivity contribution in [3.63, 3.8) is 0 Å². The van der Waals surface area contributed by atoms with E-state index in [1.807, 2.05) is 0 Å². The number of rotatable bonds is 10. The molecule has 0 aliphatic rings. The summed E-state index contributed by atoms with van der Waals surface area (Å²) in [6.07, 6.45) is -7.83. The molecule has 0 bridgehead atoms. The molecule has 0 aromatic heterocycles. The fourth-order valence-electron chi connectivity index (χ4n) is 2.13. The Labute approximate surface area is 174 Å². The van der Waals surface area contributed by atoms with Gasteiger partial charge in [-0.25, -0.2) is 4.31 Å². The molecule has 0 aromatic rings.